The summed E-state index contributed by atoms with van der Waals surface area (Å²) in [6, 6.07) is 4.28. The predicted molar refractivity (Wildman–Crippen MR) is 71.9 cm³/mol. The standard InChI is InChI=1S/C13H15ClFN3/c1-2-3-6-16-13-17-7-8-18(13)12-9-10(15)4-5-11(12)14/h4-5,7-9H,2-3,6H2,1H3,(H,16,17). The molecule has 0 aliphatic carbocycles. The second kappa shape index (κ2) is 5.87. The molecule has 0 saturated heterocycles. The van der Waals surface area contributed by atoms with Crippen LogP contribution in [0, 0.1) is 5.82 Å². The Morgan fingerprint density at radius 3 is 3.06 bits per heavy atom. The topological polar surface area (TPSA) is 29.9 Å². The van der Waals surface area contributed by atoms with Crippen LogP contribution < -0.4 is 5.32 Å². The number of nitrogens with one attached hydrogen (secondary N) is 1. The molecule has 18 heavy (non-hydrogen) atoms. The van der Waals surface area contributed by atoms with E-state index < -0.39 is 0 Å². The van der Waals surface area contributed by atoms with E-state index in [2.05, 4.69) is 17.2 Å². The second-order valence-corrected chi connectivity index (χ2v) is 4.40. The fourth-order valence-corrected chi connectivity index (χ4v) is 1.88. The van der Waals surface area contributed by atoms with Crippen LogP contribution >= 0.6 is 11.6 Å². The number of unbranched alkanes of at least 4 members (excludes halogenated alkanes) is 1. The van der Waals surface area contributed by atoms with E-state index >= 15 is 0 Å². The molecule has 0 fully saturated rings. The molecule has 3 nitrogen and oxygen atoms in total. The molecule has 0 radical (unpaired) electrons. The zero-order chi connectivity index (χ0) is 13.0. The predicted octanol–water partition coefficient (Wildman–Crippen LogP) is 3.88. The Labute approximate surface area is 111 Å². The molecule has 0 saturated carbocycles. The van der Waals surface area contributed by atoms with Crippen LogP contribution in [0.4, 0.5) is 10.3 Å². The molecule has 0 amide bonds. The van der Waals surface area contributed by atoms with Crippen LogP contribution in [0.3, 0.4) is 0 Å². The minimum absolute atomic E-state index is 0.317. The molecule has 0 atom stereocenters. The lowest BCUT2D eigenvalue weighted by atomic mass is 10.3. The molecule has 0 unspecified atom stereocenters. The largest absolute Gasteiger partial charge is 0.355 e. The molecule has 0 bridgehead atoms. The van der Waals surface area contributed by atoms with Crippen molar-refractivity contribution in [2.75, 3.05) is 11.9 Å². The smallest absolute Gasteiger partial charge is 0.207 e. The first-order valence-corrected chi connectivity index (χ1v) is 6.33. The van der Waals surface area contributed by atoms with Crippen molar-refractivity contribution < 1.29 is 4.39 Å². The first kappa shape index (κ1) is 12.9. The minimum atomic E-state index is -0.317. The Hall–Kier alpha value is -1.55. The molecule has 1 heterocycles. The van der Waals surface area contributed by atoms with Gasteiger partial charge in [0.25, 0.3) is 0 Å². The molecule has 1 aromatic carbocycles. The molecule has 2 aromatic rings. The molecule has 2 rings (SSSR count). The summed E-state index contributed by atoms with van der Waals surface area (Å²) < 4.78 is 15.0. The number of nitrogens with zero attached hydrogens (tertiary/aromatic N) is 2. The maximum atomic E-state index is 13.3. The summed E-state index contributed by atoms with van der Waals surface area (Å²) in [4.78, 5) is 4.21. The Bertz CT molecular complexity index is 525. The van der Waals surface area contributed by atoms with Gasteiger partial charge in [-0.3, -0.25) is 4.57 Å². The summed E-state index contributed by atoms with van der Waals surface area (Å²) in [7, 11) is 0. The summed E-state index contributed by atoms with van der Waals surface area (Å²) in [5, 5.41) is 3.70. The maximum Gasteiger partial charge on any atom is 0.207 e. The number of anilines is 1. The van der Waals surface area contributed by atoms with Gasteiger partial charge in [0.2, 0.25) is 5.95 Å². The third kappa shape index (κ3) is 2.82. The number of hydrogen-bond acceptors (Lipinski definition) is 2. The number of halogens is 2. The molecule has 0 aliphatic rings. The van der Waals surface area contributed by atoms with Crippen molar-refractivity contribution in [1.29, 1.82) is 0 Å². The van der Waals surface area contributed by atoms with Crippen LogP contribution in [0.15, 0.2) is 30.6 Å². The van der Waals surface area contributed by atoms with Gasteiger partial charge in [-0.2, -0.15) is 0 Å². The molecule has 5 heteroatoms. The van der Waals surface area contributed by atoms with Crippen LogP contribution in [0.2, 0.25) is 5.02 Å². The lowest BCUT2D eigenvalue weighted by molar-refractivity contribution is 0.626. The van der Waals surface area contributed by atoms with Crippen molar-refractivity contribution in [1.82, 2.24) is 9.55 Å². The Balaban J connectivity index is 2.27. The Morgan fingerprint density at radius 1 is 1.44 bits per heavy atom. The normalized spacial score (nSPS) is 10.6. The van der Waals surface area contributed by atoms with Crippen LogP contribution in [-0.2, 0) is 0 Å². The molecule has 0 aliphatic heterocycles. The van der Waals surface area contributed by atoms with Crippen molar-refractivity contribution in [3.63, 3.8) is 0 Å². The van der Waals surface area contributed by atoms with Gasteiger partial charge in [0, 0.05) is 18.9 Å². The number of imidazole rings is 1. The summed E-state index contributed by atoms with van der Waals surface area (Å²) in [6.07, 6.45) is 5.59. The average molecular weight is 268 g/mol. The molecular weight excluding hydrogens is 253 g/mol. The highest BCUT2D eigenvalue weighted by atomic mass is 35.5. The van der Waals surface area contributed by atoms with Crippen LogP contribution in [0.5, 0.6) is 0 Å². The number of hydrogen-bond donors (Lipinski definition) is 1. The summed E-state index contributed by atoms with van der Waals surface area (Å²) >= 11 is 6.08. The van der Waals surface area contributed by atoms with E-state index in [4.69, 9.17) is 11.6 Å². The van der Waals surface area contributed by atoms with Crippen molar-refractivity contribution in [3.8, 4) is 5.69 Å². The maximum absolute atomic E-state index is 13.3. The highest BCUT2D eigenvalue weighted by molar-refractivity contribution is 6.32. The van der Waals surface area contributed by atoms with Crippen molar-refractivity contribution >= 4 is 17.5 Å². The quantitative estimate of drug-likeness (QED) is 0.834. The zero-order valence-corrected chi connectivity index (χ0v) is 10.9. The van der Waals surface area contributed by atoms with Gasteiger partial charge in [-0.05, 0) is 24.6 Å². The SMILES string of the molecule is CCCCNc1nccn1-c1cc(F)ccc1Cl. The average Bonchev–Trinajstić information content (AvgIpc) is 2.81. The van der Waals surface area contributed by atoms with Gasteiger partial charge < -0.3 is 5.32 Å². The second-order valence-electron chi connectivity index (χ2n) is 4.00. The number of benzene rings is 1. The third-order valence-corrected chi connectivity index (χ3v) is 2.94. The fraction of sp³-hybridized carbons (Fsp3) is 0.308. The third-order valence-electron chi connectivity index (χ3n) is 2.62. The molecular formula is C13H15ClFN3. The van der Waals surface area contributed by atoms with E-state index in [-0.39, 0.29) is 5.82 Å². The van der Waals surface area contributed by atoms with E-state index in [0.717, 1.165) is 19.4 Å². The summed E-state index contributed by atoms with van der Waals surface area (Å²) in [5.41, 5.74) is 0.591. The van der Waals surface area contributed by atoms with Crippen LogP contribution in [-0.4, -0.2) is 16.1 Å². The molecule has 1 N–H and O–H groups in total. The monoisotopic (exact) mass is 267 g/mol. The van der Waals surface area contributed by atoms with Gasteiger partial charge in [0.15, 0.2) is 0 Å². The first-order valence-electron chi connectivity index (χ1n) is 5.95. The minimum Gasteiger partial charge on any atom is -0.355 e. The van der Waals surface area contributed by atoms with Crippen molar-refractivity contribution in [2.45, 2.75) is 19.8 Å². The Kier molecular flexibility index (Phi) is 4.20. The fourth-order valence-electron chi connectivity index (χ4n) is 1.68. The van der Waals surface area contributed by atoms with E-state index in [0.29, 0.717) is 16.7 Å². The van der Waals surface area contributed by atoms with E-state index in [1.165, 1.54) is 12.1 Å². The highest BCUT2D eigenvalue weighted by Crippen LogP contribution is 2.24. The zero-order valence-electron chi connectivity index (χ0n) is 10.2. The van der Waals surface area contributed by atoms with Gasteiger partial charge in [-0.15, -0.1) is 0 Å². The van der Waals surface area contributed by atoms with Gasteiger partial charge in [-0.1, -0.05) is 24.9 Å². The highest BCUT2D eigenvalue weighted by Gasteiger charge is 2.09. The number of rotatable bonds is 5. The van der Waals surface area contributed by atoms with Gasteiger partial charge in [0.1, 0.15) is 5.82 Å². The van der Waals surface area contributed by atoms with E-state index in [1.54, 1.807) is 23.0 Å². The molecule has 1 aromatic heterocycles. The molecule has 96 valence electrons. The lowest BCUT2D eigenvalue weighted by Gasteiger charge is -2.11. The van der Waals surface area contributed by atoms with Gasteiger partial charge in [0.05, 0.1) is 10.7 Å². The summed E-state index contributed by atoms with van der Waals surface area (Å²) in [6.45, 7) is 2.96. The Morgan fingerprint density at radius 2 is 2.28 bits per heavy atom. The molecule has 0 spiro atoms. The van der Waals surface area contributed by atoms with E-state index in [1.807, 2.05) is 0 Å². The van der Waals surface area contributed by atoms with E-state index in [9.17, 15) is 4.39 Å². The lowest BCUT2D eigenvalue weighted by Crippen LogP contribution is -2.07. The van der Waals surface area contributed by atoms with Crippen molar-refractivity contribution in [3.05, 3.63) is 41.4 Å². The summed E-state index contributed by atoms with van der Waals surface area (Å²) in [5.74, 6) is 0.360. The first-order chi connectivity index (χ1) is 8.72. The van der Waals surface area contributed by atoms with Gasteiger partial charge >= 0.3 is 0 Å². The number of aromatic nitrogens is 2. The van der Waals surface area contributed by atoms with Crippen LogP contribution in [0.25, 0.3) is 5.69 Å². The van der Waals surface area contributed by atoms with Crippen LogP contribution in [0.1, 0.15) is 19.8 Å². The van der Waals surface area contributed by atoms with Crippen molar-refractivity contribution in [2.24, 2.45) is 0 Å². The van der Waals surface area contributed by atoms with Gasteiger partial charge in [-0.25, -0.2) is 9.37 Å².